The van der Waals surface area contributed by atoms with Crippen molar-refractivity contribution in [3.8, 4) is 0 Å². The highest BCUT2D eigenvalue weighted by Gasteiger charge is 2.33. The molecule has 0 aliphatic rings. The van der Waals surface area contributed by atoms with Crippen molar-refractivity contribution in [2.75, 3.05) is 40.3 Å². The van der Waals surface area contributed by atoms with Crippen LogP contribution in [0.4, 0.5) is 0 Å². The molecular formula is C15H34N4O. The van der Waals surface area contributed by atoms with Crippen LogP contribution in [0.1, 0.15) is 34.6 Å². The molecule has 0 aliphatic heterocycles. The van der Waals surface area contributed by atoms with Crippen LogP contribution in [0.3, 0.4) is 0 Å². The average molecular weight is 286 g/mol. The van der Waals surface area contributed by atoms with Crippen molar-refractivity contribution in [2.45, 2.75) is 46.2 Å². The van der Waals surface area contributed by atoms with Gasteiger partial charge in [0, 0.05) is 32.2 Å². The average Bonchev–Trinajstić information content (AvgIpc) is 2.23. The lowest BCUT2D eigenvalue weighted by Crippen LogP contribution is -2.62. The summed E-state index contributed by atoms with van der Waals surface area (Å²) in [6.07, 6.45) is 0. The minimum absolute atomic E-state index is 0.224. The molecule has 1 unspecified atom stereocenters. The molecule has 0 rings (SSSR count). The van der Waals surface area contributed by atoms with E-state index in [9.17, 15) is 4.79 Å². The summed E-state index contributed by atoms with van der Waals surface area (Å²) in [5.41, 5.74) is 4.93. The van der Waals surface area contributed by atoms with Gasteiger partial charge in [-0.1, -0.05) is 13.8 Å². The van der Waals surface area contributed by atoms with Gasteiger partial charge in [0.25, 0.3) is 0 Å². The molecule has 5 heteroatoms. The molecule has 0 saturated carbocycles. The van der Waals surface area contributed by atoms with Crippen molar-refractivity contribution in [1.82, 2.24) is 15.1 Å². The molecule has 5 nitrogen and oxygen atoms in total. The first-order valence-electron chi connectivity index (χ1n) is 7.51. The summed E-state index contributed by atoms with van der Waals surface area (Å²) >= 11 is 0. The van der Waals surface area contributed by atoms with E-state index in [2.05, 4.69) is 43.1 Å². The Balaban J connectivity index is 4.82. The molecule has 1 amide bonds. The van der Waals surface area contributed by atoms with Gasteiger partial charge in [-0.15, -0.1) is 0 Å². The van der Waals surface area contributed by atoms with Crippen molar-refractivity contribution < 1.29 is 4.79 Å². The van der Waals surface area contributed by atoms with Gasteiger partial charge in [0.2, 0.25) is 5.91 Å². The second kappa shape index (κ2) is 8.60. The summed E-state index contributed by atoms with van der Waals surface area (Å²) in [4.78, 5) is 16.3. The van der Waals surface area contributed by atoms with Gasteiger partial charge in [-0.05, 0) is 40.8 Å². The number of hydrogen-bond acceptors (Lipinski definition) is 4. The van der Waals surface area contributed by atoms with E-state index in [-0.39, 0.29) is 11.9 Å². The lowest BCUT2D eigenvalue weighted by atomic mass is 9.98. The van der Waals surface area contributed by atoms with Crippen LogP contribution in [-0.2, 0) is 4.79 Å². The molecule has 0 saturated heterocycles. The van der Waals surface area contributed by atoms with E-state index in [1.807, 2.05) is 20.8 Å². The second-order valence-electron chi connectivity index (χ2n) is 6.93. The maximum atomic E-state index is 11.8. The highest BCUT2D eigenvalue weighted by Crippen LogP contribution is 2.10. The van der Waals surface area contributed by atoms with Crippen LogP contribution < -0.4 is 11.1 Å². The van der Waals surface area contributed by atoms with E-state index in [4.69, 9.17) is 5.73 Å². The van der Waals surface area contributed by atoms with Gasteiger partial charge < -0.3 is 16.0 Å². The Bertz CT molecular complexity index is 292. The third-order valence-corrected chi connectivity index (χ3v) is 3.18. The molecule has 0 aromatic rings. The smallest absolute Gasteiger partial charge is 0.238 e. The summed E-state index contributed by atoms with van der Waals surface area (Å²) < 4.78 is 0. The highest BCUT2D eigenvalue weighted by atomic mass is 16.1. The Labute approximate surface area is 124 Å². The quantitative estimate of drug-likeness (QED) is 0.622. The largest absolute Gasteiger partial charge is 0.368 e. The van der Waals surface area contributed by atoms with E-state index in [1.165, 1.54) is 0 Å². The van der Waals surface area contributed by atoms with Gasteiger partial charge in [0.15, 0.2) is 0 Å². The maximum absolute atomic E-state index is 11.8. The molecule has 0 bridgehead atoms. The third kappa shape index (κ3) is 7.82. The predicted octanol–water partition coefficient (Wildman–Crippen LogP) is 0.748. The number of nitrogens with zero attached hydrogens (tertiary/aromatic N) is 2. The fourth-order valence-electron chi connectivity index (χ4n) is 2.37. The molecule has 0 aromatic carbocycles. The van der Waals surface area contributed by atoms with E-state index in [0.717, 1.165) is 19.6 Å². The zero-order chi connectivity index (χ0) is 15.9. The Morgan fingerprint density at radius 2 is 1.75 bits per heavy atom. The second-order valence-corrected chi connectivity index (χ2v) is 6.93. The summed E-state index contributed by atoms with van der Waals surface area (Å²) in [5, 5.41) is 3.32. The molecule has 1 atom stereocenters. The van der Waals surface area contributed by atoms with Gasteiger partial charge in [0.05, 0.1) is 0 Å². The molecule has 0 radical (unpaired) electrons. The van der Waals surface area contributed by atoms with Crippen LogP contribution >= 0.6 is 0 Å². The lowest BCUT2D eigenvalue weighted by molar-refractivity contribution is -0.125. The van der Waals surface area contributed by atoms with Crippen LogP contribution in [0.15, 0.2) is 0 Å². The van der Waals surface area contributed by atoms with E-state index in [1.54, 1.807) is 0 Å². The monoisotopic (exact) mass is 286 g/mol. The van der Waals surface area contributed by atoms with Gasteiger partial charge in [-0.2, -0.15) is 0 Å². The highest BCUT2D eigenvalue weighted by molar-refractivity contribution is 5.84. The Morgan fingerprint density at radius 1 is 1.20 bits per heavy atom. The van der Waals surface area contributed by atoms with Gasteiger partial charge in [-0.25, -0.2) is 0 Å². The number of nitrogens with one attached hydrogen (secondary N) is 1. The van der Waals surface area contributed by atoms with Crippen LogP contribution in [-0.4, -0.2) is 67.6 Å². The van der Waals surface area contributed by atoms with Gasteiger partial charge >= 0.3 is 0 Å². The topological polar surface area (TPSA) is 61.6 Å². The SMILES string of the molecule is CC(C)CN(CCN(C)C)CC(C)(NC(C)C)C(N)=O. The first kappa shape index (κ1) is 19.4. The van der Waals surface area contributed by atoms with E-state index < -0.39 is 5.54 Å². The summed E-state index contributed by atoms with van der Waals surface area (Å²) in [5.74, 6) is 0.276. The number of carbonyl (C=O) groups excluding carboxylic acids is 1. The fourth-order valence-corrected chi connectivity index (χ4v) is 2.37. The normalized spacial score (nSPS) is 15.3. The van der Waals surface area contributed by atoms with Crippen molar-refractivity contribution in [3.05, 3.63) is 0 Å². The van der Waals surface area contributed by atoms with Crippen LogP contribution in [0.5, 0.6) is 0 Å². The van der Waals surface area contributed by atoms with Crippen molar-refractivity contribution in [3.63, 3.8) is 0 Å². The number of rotatable bonds is 10. The number of nitrogens with two attached hydrogens (primary N) is 1. The number of hydrogen-bond donors (Lipinski definition) is 2. The molecule has 0 fully saturated rings. The summed E-state index contributed by atoms with van der Waals surface area (Å²) in [6, 6.07) is 0.224. The van der Waals surface area contributed by atoms with Crippen LogP contribution in [0, 0.1) is 5.92 Å². The van der Waals surface area contributed by atoms with Crippen molar-refractivity contribution in [2.24, 2.45) is 11.7 Å². The zero-order valence-corrected chi connectivity index (χ0v) is 14.4. The number of primary amides is 1. The van der Waals surface area contributed by atoms with Crippen molar-refractivity contribution in [1.29, 1.82) is 0 Å². The standard InChI is InChI=1S/C15H34N4O/c1-12(2)10-19(9-8-18(6)7)11-15(5,14(16)20)17-13(3)4/h12-13,17H,8-11H2,1-7H3,(H2,16,20). The lowest BCUT2D eigenvalue weighted by Gasteiger charge is -2.36. The molecule has 0 spiro atoms. The molecule has 120 valence electrons. The minimum atomic E-state index is -0.685. The third-order valence-electron chi connectivity index (χ3n) is 3.18. The molecular weight excluding hydrogens is 252 g/mol. The minimum Gasteiger partial charge on any atom is -0.368 e. The Morgan fingerprint density at radius 3 is 2.10 bits per heavy atom. The first-order chi connectivity index (χ1) is 9.06. The summed E-state index contributed by atoms with van der Waals surface area (Å²) in [7, 11) is 4.13. The van der Waals surface area contributed by atoms with E-state index >= 15 is 0 Å². The van der Waals surface area contributed by atoms with E-state index in [0.29, 0.717) is 12.5 Å². The zero-order valence-electron chi connectivity index (χ0n) is 14.4. The molecule has 0 aromatic heterocycles. The van der Waals surface area contributed by atoms with Crippen molar-refractivity contribution >= 4 is 5.91 Å². The maximum Gasteiger partial charge on any atom is 0.238 e. The number of carbonyl (C=O) groups is 1. The molecule has 0 heterocycles. The number of amides is 1. The van der Waals surface area contributed by atoms with Crippen LogP contribution in [0.2, 0.25) is 0 Å². The van der Waals surface area contributed by atoms with Gasteiger partial charge in [-0.3, -0.25) is 9.69 Å². The van der Waals surface area contributed by atoms with Gasteiger partial charge in [0.1, 0.15) is 5.54 Å². The Hall–Kier alpha value is -0.650. The fraction of sp³-hybridized carbons (Fsp3) is 0.933. The number of likely N-dealkylation sites (N-methyl/N-ethyl adjacent to an activating group) is 1. The molecule has 0 aliphatic carbocycles. The van der Waals surface area contributed by atoms with Crippen LogP contribution in [0.25, 0.3) is 0 Å². The molecule has 20 heavy (non-hydrogen) atoms. The first-order valence-corrected chi connectivity index (χ1v) is 7.51. The molecule has 3 N–H and O–H groups in total. The Kier molecular flexibility index (Phi) is 8.32. The summed E-state index contributed by atoms with van der Waals surface area (Å²) in [6.45, 7) is 13.9. The predicted molar refractivity (Wildman–Crippen MR) is 85.7 cm³/mol.